The third-order valence-corrected chi connectivity index (χ3v) is 7.92. The van der Waals surface area contributed by atoms with Gasteiger partial charge in [0, 0.05) is 33.7 Å². The second-order valence-electron chi connectivity index (χ2n) is 11.7. The van der Waals surface area contributed by atoms with E-state index in [1.807, 2.05) is 72.3 Å². The predicted molar refractivity (Wildman–Crippen MR) is 175 cm³/mol. The van der Waals surface area contributed by atoms with Crippen LogP contribution in [0.3, 0.4) is 0 Å². The van der Waals surface area contributed by atoms with Crippen LogP contribution in [0.15, 0.2) is 102 Å². The van der Waals surface area contributed by atoms with Crippen molar-refractivity contribution >= 4 is 22.1 Å². The van der Waals surface area contributed by atoms with E-state index in [4.69, 9.17) is 19.2 Å². The van der Waals surface area contributed by atoms with E-state index in [0.29, 0.717) is 29.2 Å². The van der Waals surface area contributed by atoms with Crippen molar-refractivity contribution < 1.29 is 9.15 Å². The van der Waals surface area contributed by atoms with Gasteiger partial charge in [-0.1, -0.05) is 76.2 Å². The molecule has 44 heavy (non-hydrogen) atoms. The number of para-hydroxylation sites is 2. The highest BCUT2D eigenvalue weighted by Crippen LogP contribution is 2.37. The molecule has 0 aliphatic carbocycles. The lowest BCUT2D eigenvalue weighted by atomic mass is 9.92. The van der Waals surface area contributed by atoms with Crippen molar-refractivity contribution in [1.82, 2.24) is 24.7 Å². The zero-order valence-electron chi connectivity index (χ0n) is 25.4. The van der Waals surface area contributed by atoms with E-state index < -0.39 is 0 Å². The Morgan fingerprint density at radius 3 is 2.30 bits per heavy atom. The number of nitrogens with zero attached hydrogens (tertiary/aromatic N) is 5. The summed E-state index contributed by atoms with van der Waals surface area (Å²) < 4.78 is 14.5. The van der Waals surface area contributed by atoms with Crippen molar-refractivity contribution in [1.29, 1.82) is 0 Å². The number of hydrogen-bond acceptors (Lipinski definition) is 6. The highest BCUT2D eigenvalue weighted by molar-refractivity contribution is 6.08. The smallest absolute Gasteiger partial charge is 0.227 e. The molecule has 0 amide bonds. The van der Waals surface area contributed by atoms with Crippen LogP contribution in [-0.2, 0) is 0 Å². The van der Waals surface area contributed by atoms with E-state index in [1.165, 1.54) is 11.1 Å². The van der Waals surface area contributed by atoms with E-state index in [-0.39, 0.29) is 0 Å². The van der Waals surface area contributed by atoms with Gasteiger partial charge in [-0.25, -0.2) is 19.6 Å². The van der Waals surface area contributed by atoms with E-state index in [9.17, 15) is 0 Å². The van der Waals surface area contributed by atoms with Crippen molar-refractivity contribution in [2.24, 2.45) is 0 Å². The van der Waals surface area contributed by atoms with Crippen LogP contribution >= 0.6 is 0 Å². The zero-order chi connectivity index (χ0) is 30.4. The van der Waals surface area contributed by atoms with Crippen LogP contribution in [0.1, 0.15) is 56.4 Å². The Bertz CT molecular complexity index is 2110. The SMILES string of the molecule is Cc1ccc2c(n1)oc1c(-c3cccc(Oc4cccc(-c5ncnn5-c5c(C(C)C)cccc5C(C)C)c4)n3)cccc12. The van der Waals surface area contributed by atoms with Crippen LogP contribution < -0.4 is 4.74 Å². The molecule has 0 bridgehead atoms. The van der Waals surface area contributed by atoms with Gasteiger partial charge in [-0.3, -0.25) is 0 Å². The number of aryl methyl sites for hydroxylation is 1. The Morgan fingerprint density at radius 1 is 0.750 bits per heavy atom. The average Bonchev–Trinajstić information content (AvgIpc) is 3.65. The summed E-state index contributed by atoms with van der Waals surface area (Å²) in [6.07, 6.45) is 1.62. The molecule has 4 heterocycles. The number of aromatic nitrogens is 5. The maximum absolute atomic E-state index is 6.32. The maximum atomic E-state index is 6.32. The van der Waals surface area contributed by atoms with E-state index >= 15 is 0 Å². The summed E-state index contributed by atoms with van der Waals surface area (Å²) in [5.41, 5.74) is 8.41. The van der Waals surface area contributed by atoms with Gasteiger partial charge in [-0.2, -0.15) is 5.10 Å². The van der Waals surface area contributed by atoms with Gasteiger partial charge in [-0.15, -0.1) is 0 Å². The minimum atomic E-state index is 0.333. The van der Waals surface area contributed by atoms with E-state index in [2.05, 4.69) is 68.0 Å². The standard InChI is InChI=1S/C37H33N5O2/c1-22(2)27-12-7-13-28(23(3)4)34(27)42-36(38-21-39-42)25-10-6-11-26(20-25)43-33-17-9-16-32(41-33)31-15-8-14-29-30-19-18-24(5)40-37(30)44-35(29)31/h6-23H,1-5H3. The third-order valence-electron chi connectivity index (χ3n) is 7.92. The lowest BCUT2D eigenvalue weighted by Crippen LogP contribution is -2.09. The summed E-state index contributed by atoms with van der Waals surface area (Å²) in [5.74, 6) is 2.56. The van der Waals surface area contributed by atoms with Crippen LogP contribution in [0, 0.1) is 6.92 Å². The number of pyridine rings is 2. The zero-order valence-corrected chi connectivity index (χ0v) is 25.4. The van der Waals surface area contributed by atoms with Gasteiger partial charge in [0.1, 0.15) is 17.7 Å². The number of benzene rings is 3. The molecule has 3 aromatic carbocycles. The number of fused-ring (bicyclic) bond motifs is 3. The Balaban J connectivity index is 1.24. The fourth-order valence-electron chi connectivity index (χ4n) is 5.77. The second-order valence-corrected chi connectivity index (χ2v) is 11.7. The summed E-state index contributed by atoms with van der Waals surface area (Å²) in [4.78, 5) is 14.1. The monoisotopic (exact) mass is 579 g/mol. The van der Waals surface area contributed by atoms with Crippen LogP contribution in [-0.4, -0.2) is 24.7 Å². The first-order chi connectivity index (χ1) is 21.4. The number of furan rings is 1. The van der Waals surface area contributed by atoms with Gasteiger partial charge >= 0.3 is 0 Å². The van der Waals surface area contributed by atoms with Gasteiger partial charge in [0.25, 0.3) is 0 Å². The van der Waals surface area contributed by atoms with Crippen molar-refractivity contribution in [2.45, 2.75) is 46.5 Å². The predicted octanol–water partition coefficient (Wildman–Crippen LogP) is 9.64. The molecule has 7 nitrogen and oxygen atoms in total. The highest BCUT2D eigenvalue weighted by Gasteiger charge is 2.20. The van der Waals surface area contributed by atoms with Gasteiger partial charge in [0.05, 0.1) is 11.4 Å². The summed E-state index contributed by atoms with van der Waals surface area (Å²) >= 11 is 0. The molecule has 0 aliphatic heterocycles. The number of hydrogen-bond donors (Lipinski definition) is 0. The number of rotatable bonds is 7. The summed E-state index contributed by atoms with van der Waals surface area (Å²) in [6.45, 7) is 10.8. The lowest BCUT2D eigenvalue weighted by Gasteiger charge is -2.20. The number of ether oxygens (including phenoxy) is 1. The first kappa shape index (κ1) is 27.5. The van der Waals surface area contributed by atoms with Crippen molar-refractivity contribution in [2.75, 3.05) is 0 Å². The highest BCUT2D eigenvalue weighted by atomic mass is 16.5. The third kappa shape index (κ3) is 4.90. The van der Waals surface area contributed by atoms with Gasteiger partial charge in [0.15, 0.2) is 5.82 Å². The van der Waals surface area contributed by atoms with Crippen molar-refractivity contribution in [3.05, 3.63) is 114 Å². The molecular formula is C37H33N5O2. The molecule has 0 aliphatic rings. The normalized spacial score (nSPS) is 11.7. The average molecular weight is 580 g/mol. The van der Waals surface area contributed by atoms with Crippen molar-refractivity contribution in [3.63, 3.8) is 0 Å². The Labute approximate surface area is 256 Å². The Kier molecular flexibility index (Phi) is 6.93. The first-order valence-electron chi connectivity index (χ1n) is 14.9. The maximum Gasteiger partial charge on any atom is 0.227 e. The van der Waals surface area contributed by atoms with E-state index in [0.717, 1.165) is 50.4 Å². The van der Waals surface area contributed by atoms with Crippen LogP contribution in [0.5, 0.6) is 11.6 Å². The molecule has 7 heteroatoms. The molecule has 0 atom stereocenters. The molecule has 0 fully saturated rings. The molecule has 0 N–H and O–H groups in total. The minimum Gasteiger partial charge on any atom is -0.439 e. The van der Waals surface area contributed by atoms with Crippen LogP contribution in [0.2, 0.25) is 0 Å². The van der Waals surface area contributed by atoms with Crippen molar-refractivity contribution in [3.8, 4) is 40.0 Å². The molecular weight excluding hydrogens is 546 g/mol. The molecule has 7 aromatic rings. The van der Waals surface area contributed by atoms with Crippen LogP contribution in [0.25, 0.3) is 50.4 Å². The summed E-state index contributed by atoms with van der Waals surface area (Å²) in [5, 5.41) is 6.69. The topological polar surface area (TPSA) is 78.9 Å². The molecule has 0 unspecified atom stereocenters. The lowest BCUT2D eigenvalue weighted by molar-refractivity contribution is 0.464. The van der Waals surface area contributed by atoms with Gasteiger partial charge in [0.2, 0.25) is 11.6 Å². The second kappa shape index (κ2) is 11.1. The van der Waals surface area contributed by atoms with E-state index in [1.54, 1.807) is 6.33 Å². The first-order valence-corrected chi connectivity index (χ1v) is 14.9. The Hall–Kier alpha value is -5.30. The van der Waals surface area contributed by atoms with Gasteiger partial charge in [-0.05, 0) is 66.3 Å². The molecule has 0 radical (unpaired) electrons. The summed E-state index contributed by atoms with van der Waals surface area (Å²) in [6, 6.07) is 30.3. The molecule has 4 aromatic heterocycles. The van der Waals surface area contributed by atoms with Crippen LogP contribution in [0.4, 0.5) is 0 Å². The van der Waals surface area contributed by atoms with Gasteiger partial charge < -0.3 is 9.15 Å². The largest absolute Gasteiger partial charge is 0.439 e. The Morgan fingerprint density at radius 2 is 1.50 bits per heavy atom. The molecule has 0 saturated carbocycles. The molecule has 7 rings (SSSR count). The fraction of sp³-hybridized carbons (Fsp3) is 0.189. The summed E-state index contributed by atoms with van der Waals surface area (Å²) in [7, 11) is 0. The minimum absolute atomic E-state index is 0.333. The fourth-order valence-corrected chi connectivity index (χ4v) is 5.77. The molecule has 218 valence electrons. The quantitative estimate of drug-likeness (QED) is 0.187. The molecule has 0 saturated heterocycles. The molecule has 0 spiro atoms.